The Hall–Kier alpha value is -7.18. The molecule has 4 saturated heterocycles. The third-order valence-corrected chi connectivity index (χ3v) is 14.1. The van der Waals surface area contributed by atoms with Crippen LogP contribution in [0.5, 0.6) is 5.75 Å². The highest BCUT2D eigenvalue weighted by molar-refractivity contribution is 5.99. The number of nitrogens with two attached hydrogens (primary N) is 2. The smallest absolute Gasteiger partial charge is 0.339 e. The molecule has 25 heteroatoms. The fourth-order valence-electron chi connectivity index (χ4n) is 10.1. The number of rotatable bonds is 19. The number of nitrogens with one attached hydrogen (secondary N) is 7. The van der Waals surface area contributed by atoms with Crippen LogP contribution >= 0.6 is 0 Å². The highest BCUT2D eigenvalue weighted by Crippen LogP contribution is 2.55. The van der Waals surface area contributed by atoms with Crippen molar-refractivity contribution in [3.05, 3.63) is 29.8 Å². The maximum atomic E-state index is 15.2. The first kappa shape index (κ1) is 56.7. The number of likely N-dealkylation sites (N-methyl/N-ethyl adjacent to an activating group) is 1. The Labute approximate surface area is 422 Å². The molecule has 4 aliphatic heterocycles. The number of nitrogens with zero attached hydrogens (tertiary/aromatic N) is 3. The zero-order chi connectivity index (χ0) is 53.7. The third kappa shape index (κ3) is 14.3. The van der Waals surface area contributed by atoms with Gasteiger partial charge in [0.25, 0.3) is 5.91 Å². The first-order chi connectivity index (χ1) is 34.6. The van der Waals surface area contributed by atoms with Crippen LogP contribution in [0, 0.1) is 5.92 Å². The van der Waals surface area contributed by atoms with Crippen molar-refractivity contribution in [2.75, 3.05) is 33.2 Å². The summed E-state index contributed by atoms with van der Waals surface area (Å²) in [5.74, 6) is -10.0. The van der Waals surface area contributed by atoms with E-state index in [-0.39, 0.29) is 44.4 Å². The van der Waals surface area contributed by atoms with Crippen LogP contribution in [-0.2, 0) is 64.0 Å². The third-order valence-electron chi connectivity index (χ3n) is 14.1. The number of phenols is 1. The van der Waals surface area contributed by atoms with Crippen LogP contribution < -0.4 is 48.7 Å². The number of quaternary nitrogens is 1. The molecule has 0 saturated carbocycles. The van der Waals surface area contributed by atoms with Gasteiger partial charge in [-0.15, -0.1) is 0 Å². The summed E-state index contributed by atoms with van der Waals surface area (Å²) >= 11 is 0. The number of hydrogen-bond acceptors (Lipinski definition) is 13. The van der Waals surface area contributed by atoms with E-state index in [2.05, 4.69) is 37.2 Å². The molecule has 73 heavy (non-hydrogen) atoms. The van der Waals surface area contributed by atoms with Gasteiger partial charge in [-0.1, -0.05) is 65.0 Å². The van der Waals surface area contributed by atoms with E-state index in [4.69, 9.17) is 11.5 Å². The second kappa shape index (κ2) is 25.5. The number of primary amides is 2. The van der Waals surface area contributed by atoms with Crippen LogP contribution in [0.15, 0.2) is 24.3 Å². The molecule has 1 aromatic rings. The summed E-state index contributed by atoms with van der Waals surface area (Å²) in [6, 6.07) is -3.25. The van der Waals surface area contributed by atoms with Crippen LogP contribution in [0.25, 0.3) is 0 Å². The first-order valence-corrected chi connectivity index (χ1v) is 25.0. The van der Waals surface area contributed by atoms with Gasteiger partial charge in [-0.05, 0) is 36.5 Å². The fourth-order valence-corrected chi connectivity index (χ4v) is 10.1. The van der Waals surface area contributed by atoms with Gasteiger partial charge in [-0.2, -0.15) is 0 Å². The van der Waals surface area contributed by atoms with Gasteiger partial charge in [0.2, 0.25) is 65.2 Å². The lowest BCUT2D eigenvalue weighted by Crippen LogP contribution is -2.63. The van der Waals surface area contributed by atoms with Gasteiger partial charge < -0.3 is 58.7 Å². The number of aromatic hydroxyl groups is 1. The SMILES string of the molecule is CCCCCCC(NC(=O)CN(C)C(=O)C1CCC(=O)NCC(=O)NC(Cc2ccc(O)cc2)C(=O)NC(C(C)CC)C(=O)NC(CCC(N)=O)C(=O)NC2CC(=O)N3CCC4C3[N+]14C2=O)C(=O)NCC(N)=O. The molecule has 10 unspecified atom stereocenters. The predicted octanol–water partition coefficient (Wildman–Crippen LogP) is -3.33. The molecule has 400 valence electrons. The van der Waals surface area contributed by atoms with Gasteiger partial charge in [-0.25, -0.2) is 9.28 Å². The molecule has 5 rings (SSSR count). The summed E-state index contributed by atoms with van der Waals surface area (Å²) in [5.41, 5.74) is 11.2. The molecule has 0 radical (unpaired) electrons. The summed E-state index contributed by atoms with van der Waals surface area (Å²) in [6.45, 7) is 3.86. The summed E-state index contributed by atoms with van der Waals surface area (Å²) in [6.07, 6.45) is 0.698. The Morgan fingerprint density at radius 3 is 2.22 bits per heavy atom. The second-order valence-corrected chi connectivity index (χ2v) is 19.4. The van der Waals surface area contributed by atoms with Crippen molar-refractivity contribution < 1.29 is 67.1 Å². The highest BCUT2D eigenvalue weighted by Gasteiger charge is 2.82. The summed E-state index contributed by atoms with van der Waals surface area (Å²) in [7, 11) is 1.29. The maximum absolute atomic E-state index is 15.2. The van der Waals surface area contributed by atoms with E-state index in [9.17, 15) is 57.8 Å². The monoisotopic (exact) mass is 1020 g/mol. The Kier molecular flexibility index (Phi) is 19.8. The molecule has 12 amide bonds. The number of carbonyl (C=O) groups excluding carboxylic acids is 12. The van der Waals surface area contributed by atoms with Crippen LogP contribution in [0.1, 0.15) is 103 Å². The Balaban J connectivity index is 1.51. The molecule has 4 heterocycles. The van der Waals surface area contributed by atoms with E-state index < -0.39 is 169 Å². The molecule has 2 bridgehead atoms. The van der Waals surface area contributed by atoms with Crippen molar-refractivity contribution in [2.24, 2.45) is 17.4 Å². The van der Waals surface area contributed by atoms with E-state index in [0.29, 0.717) is 18.4 Å². The number of carbonyl (C=O) groups is 12. The second-order valence-electron chi connectivity index (χ2n) is 19.4. The number of amides is 12. The van der Waals surface area contributed by atoms with Crippen molar-refractivity contribution >= 4 is 70.9 Å². The van der Waals surface area contributed by atoms with Gasteiger partial charge >= 0.3 is 5.91 Å². The molecule has 4 aliphatic rings. The topological polar surface area (TPSA) is 368 Å². The van der Waals surface area contributed by atoms with Crippen LogP contribution in [0.4, 0.5) is 0 Å². The largest absolute Gasteiger partial charge is 0.508 e. The summed E-state index contributed by atoms with van der Waals surface area (Å²) < 4.78 is -0.704. The van der Waals surface area contributed by atoms with Gasteiger partial charge in [-0.3, -0.25) is 57.6 Å². The van der Waals surface area contributed by atoms with Gasteiger partial charge in [0.1, 0.15) is 29.9 Å². The molecular weight excluding hydrogens is 953 g/mol. The molecule has 0 aromatic heterocycles. The average Bonchev–Trinajstić information content (AvgIpc) is 3.78. The Morgan fingerprint density at radius 2 is 1.56 bits per heavy atom. The summed E-state index contributed by atoms with van der Waals surface area (Å²) in [4.78, 5) is 167. The number of benzene rings is 1. The molecule has 4 fully saturated rings. The van der Waals surface area contributed by atoms with Crippen molar-refractivity contribution in [1.82, 2.24) is 47.0 Å². The molecule has 12 N–H and O–H groups in total. The molecule has 1 spiro atoms. The van der Waals surface area contributed by atoms with E-state index >= 15 is 4.79 Å². The quantitative estimate of drug-likeness (QED) is 0.0369. The van der Waals surface area contributed by atoms with Gasteiger partial charge in [0.15, 0.2) is 18.1 Å². The first-order valence-electron chi connectivity index (χ1n) is 25.0. The Bertz CT molecular complexity index is 2300. The number of unbranched alkanes of at least 4 members (excludes halogenated alkanes) is 3. The standard InChI is InChI=1S/C48H70N12O13/c1-5-7-8-9-10-29(42(68)52-23-36(50)63)53-39(66)25-58(4)47(72)34-16-18-37(64)51-24-38(65)54-31(21-27-11-13-28(61)14-12-27)44(70)57-41(26(3)6-2)45(71)55-30(15-17-35(49)62)43(69)56-32-22-40(67)59-20-19-33-46(59)60(33,34)48(32)73/h11-14,26,29-34,41,46H,5-10,15-25H2,1-4H3,(H11-,49,50,51,52,53,54,55,56,57,61,62,63,64,65,66,68,69,70,71)/p+1. The molecule has 1 aromatic carbocycles. The molecule has 0 aliphatic carbocycles. The van der Waals surface area contributed by atoms with Crippen molar-refractivity contribution in [2.45, 2.75) is 153 Å². The summed E-state index contributed by atoms with van der Waals surface area (Å²) in [5, 5.41) is 27.9. The zero-order valence-electron chi connectivity index (χ0n) is 41.9. The lowest BCUT2D eigenvalue weighted by molar-refractivity contribution is -0.778. The van der Waals surface area contributed by atoms with Gasteiger partial charge in [0, 0.05) is 45.7 Å². The Morgan fingerprint density at radius 1 is 0.863 bits per heavy atom. The number of hydrogen-bond donors (Lipinski definition) is 10. The minimum Gasteiger partial charge on any atom is -0.508 e. The minimum absolute atomic E-state index is 0.0567. The van der Waals surface area contributed by atoms with E-state index in [1.165, 1.54) is 36.2 Å². The van der Waals surface area contributed by atoms with Crippen molar-refractivity contribution in [1.29, 1.82) is 0 Å². The average molecular weight is 1020 g/mol. The van der Waals surface area contributed by atoms with E-state index in [1.54, 1.807) is 13.8 Å². The van der Waals surface area contributed by atoms with Crippen LogP contribution in [-0.4, -0.2) is 172 Å². The van der Waals surface area contributed by atoms with Crippen molar-refractivity contribution in [3.8, 4) is 5.75 Å². The minimum atomic E-state index is -1.60. The van der Waals surface area contributed by atoms with Crippen LogP contribution in [0.2, 0.25) is 0 Å². The number of phenolic OH excluding ortho intramolecular Hbond substituents is 1. The van der Waals surface area contributed by atoms with Crippen LogP contribution in [0.3, 0.4) is 0 Å². The van der Waals surface area contributed by atoms with Gasteiger partial charge in [0.05, 0.1) is 26.1 Å². The fraction of sp³-hybridized carbons (Fsp3) is 0.625. The highest BCUT2D eigenvalue weighted by atomic mass is 16.3. The maximum Gasteiger partial charge on any atom is 0.339 e. The molecular formula is C48H71N12O13+. The lowest BCUT2D eigenvalue weighted by atomic mass is 9.96. The number of fused-ring (bicyclic) bond motifs is 1. The molecule has 10 atom stereocenters. The lowest BCUT2D eigenvalue weighted by Gasteiger charge is -2.34. The molecule has 25 nitrogen and oxygen atoms in total. The predicted molar refractivity (Wildman–Crippen MR) is 258 cm³/mol. The van der Waals surface area contributed by atoms with E-state index in [1.807, 2.05) is 6.92 Å². The van der Waals surface area contributed by atoms with Crippen molar-refractivity contribution in [3.63, 3.8) is 0 Å². The normalized spacial score (nSPS) is 26.5. The zero-order valence-corrected chi connectivity index (χ0v) is 41.9. The van der Waals surface area contributed by atoms with E-state index in [0.717, 1.165) is 24.2 Å².